The standard InChI is InChI=1S/C13H20BrNO/c1-11-10-12(16)6-7-13(11)15-9-5-3-2-4-8-14/h6-7,10,15-16H,2-5,8-9H2,1H3. The number of nitrogens with one attached hydrogen (secondary N) is 1. The molecule has 1 aromatic rings. The first-order valence-electron chi connectivity index (χ1n) is 5.83. The van der Waals surface area contributed by atoms with Crippen LogP contribution in [0.3, 0.4) is 0 Å². The lowest BCUT2D eigenvalue weighted by molar-refractivity contribution is 0.475. The minimum absolute atomic E-state index is 0.334. The first kappa shape index (κ1) is 13.4. The smallest absolute Gasteiger partial charge is 0.115 e. The monoisotopic (exact) mass is 285 g/mol. The molecule has 90 valence electrons. The van der Waals surface area contributed by atoms with Gasteiger partial charge < -0.3 is 10.4 Å². The van der Waals surface area contributed by atoms with Gasteiger partial charge in [0.15, 0.2) is 0 Å². The van der Waals surface area contributed by atoms with Crippen LogP contribution < -0.4 is 5.32 Å². The summed E-state index contributed by atoms with van der Waals surface area (Å²) in [6, 6.07) is 5.44. The van der Waals surface area contributed by atoms with Crippen molar-refractivity contribution in [2.75, 3.05) is 17.2 Å². The summed E-state index contributed by atoms with van der Waals surface area (Å²) in [5.74, 6) is 0.334. The zero-order valence-corrected chi connectivity index (χ0v) is 11.4. The highest BCUT2D eigenvalue weighted by molar-refractivity contribution is 9.09. The summed E-state index contributed by atoms with van der Waals surface area (Å²) < 4.78 is 0. The first-order chi connectivity index (χ1) is 7.74. The Balaban J connectivity index is 2.21. The van der Waals surface area contributed by atoms with Crippen LogP contribution in [0.5, 0.6) is 5.75 Å². The third-order valence-corrected chi connectivity index (χ3v) is 3.15. The Kier molecular flexibility index (Phi) is 6.31. The molecule has 0 heterocycles. The third kappa shape index (κ3) is 4.88. The van der Waals surface area contributed by atoms with Crippen LogP contribution in [0.2, 0.25) is 0 Å². The highest BCUT2D eigenvalue weighted by Crippen LogP contribution is 2.20. The minimum atomic E-state index is 0.334. The number of alkyl halides is 1. The molecule has 2 nitrogen and oxygen atoms in total. The molecule has 0 bridgehead atoms. The van der Waals surface area contributed by atoms with E-state index in [9.17, 15) is 5.11 Å². The first-order valence-corrected chi connectivity index (χ1v) is 6.95. The van der Waals surface area contributed by atoms with Gasteiger partial charge in [-0.25, -0.2) is 0 Å². The van der Waals surface area contributed by atoms with Gasteiger partial charge in [0.2, 0.25) is 0 Å². The van der Waals surface area contributed by atoms with Crippen molar-refractivity contribution in [3.8, 4) is 5.75 Å². The lowest BCUT2D eigenvalue weighted by Gasteiger charge is -2.09. The van der Waals surface area contributed by atoms with E-state index in [4.69, 9.17) is 0 Å². The lowest BCUT2D eigenvalue weighted by Crippen LogP contribution is -2.02. The number of unbranched alkanes of at least 4 members (excludes halogenated alkanes) is 3. The average Bonchev–Trinajstić information content (AvgIpc) is 2.26. The summed E-state index contributed by atoms with van der Waals surface area (Å²) in [5.41, 5.74) is 2.22. The lowest BCUT2D eigenvalue weighted by atomic mass is 10.1. The van der Waals surface area contributed by atoms with Crippen molar-refractivity contribution in [2.45, 2.75) is 32.6 Å². The summed E-state index contributed by atoms with van der Waals surface area (Å²) in [7, 11) is 0. The van der Waals surface area contributed by atoms with Gasteiger partial charge in [-0.1, -0.05) is 28.8 Å². The second kappa shape index (κ2) is 7.55. The number of hydrogen-bond donors (Lipinski definition) is 2. The molecule has 0 fully saturated rings. The molecule has 0 aromatic heterocycles. The van der Waals surface area contributed by atoms with E-state index < -0.39 is 0 Å². The number of benzene rings is 1. The molecule has 3 heteroatoms. The molecule has 0 saturated carbocycles. The van der Waals surface area contributed by atoms with Crippen molar-refractivity contribution >= 4 is 21.6 Å². The second-order valence-corrected chi connectivity index (χ2v) is 4.82. The van der Waals surface area contributed by atoms with E-state index in [1.54, 1.807) is 12.1 Å². The van der Waals surface area contributed by atoms with Crippen LogP contribution >= 0.6 is 15.9 Å². The summed E-state index contributed by atoms with van der Waals surface area (Å²) in [4.78, 5) is 0. The second-order valence-electron chi connectivity index (χ2n) is 4.03. The average molecular weight is 286 g/mol. The van der Waals surface area contributed by atoms with Gasteiger partial charge >= 0.3 is 0 Å². The van der Waals surface area contributed by atoms with Crippen LogP contribution in [-0.2, 0) is 0 Å². The Bertz CT molecular complexity index is 315. The number of phenolic OH excluding ortho intramolecular Hbond substituents is 1. The molecular weight excluding hydrogens is 266 g/mol. The molecule has 0 amide bonds. The molecule has 1 aromatic carbocycles. The van der Waals surface area contributed by atoms with Crippen LogP contribution in [0.4, 0.5) is 5.69 Å². The summed E-state index contributed by atoms with van der Waals surface area (Å²) >= 11 is 3.43. The molecule has 0 aliphatic rings. The van der Waals surface area contributed by atoms with Crippen molar-refractivity contribution < 1.29 is 5.11 Å². The molecule has 1 rings (SSSR count). The fourth-order valence-corrected chi connectivity index (χ4v) is 2.04. The van der Waals surface area contributed by atoms with Gasteiger partial charge in [0.25, 0.3) is 0 Å². The van der Waals surface area contributed by atoms with Crippen LogP contribution in [0.1, 0.15) is 31.2 Å². The molecule has 2 N–H and O–H groups in total. The van der Waals surface area contributed by atoms with Crippen LogP contribution in [0.15, 0.2) is 18.2 Å². The van der Waals surface area contributed by atoms with Crippen molar-refractivity contribution in [3.63, 3.8) is 0 Å². The molecule has 0 saturated heterocycles. The predicted octanol–water partition coefficient (Wildman–Crippen LogP) is 4.07. The molecule has 0 aliphatic carbocycles. The highest BCUT2D eigenvalue weighted by atomic mass is 79.9. The van der Waals surface area contributed by atoms with Crippen molar-refractivity contribution in [1.29, 1.82) is 0 Å². The number of halogens is 1. The van der Waals surface area contributed by atoms with Crippen molar-refractivity contribution in [2.24, 2.45) is 0 Å². The van der Waals surface area contributed by atoms with E-state index >= 15 is 0 Å². The van der Waals surface area contributed by atoms with Gasteiger partial charge in [-0.2, -0.15) is 0 Å². The number of phenols is 1. The summed E-state index contributed by atoms with van der Waals surface area (Å²) in [6.45, 7) is 3.01. The maximum Gasteiger partial charge on any atom is 0.115 e. The van der Waals surface area contributed by atoms with E-state index in [1.807, 2.05) is 13.0 Å². The van der Waals surface area contributed by atoms with Crippen molar-refractivity contribution in [1.82, 2.24) is 0 Å². The number of anilines is 1. The molecule has 0 atom stereocenters. The van der Waals surface area contributed by atoms with E-state index in [-0.39, 0.29) is 0 Å². The fourth-order valence-electron chi connectivity index (χ4n) is 1.64. The Morgan fingerprint density at radius 2 is 1.94 bits per heavy atom. The molecule has 0 aliphatic heterocycles. The molecule has 0 radical (unpaired) electrons. The maximum atomic E-state index is 9.27. The number of rotatable bonds is 7. The highest BCUT2D eigenvalue weighted by Gasteiger charge is 1.98. The van der Waals surface area contributed by atoms with Crippen LogP contribution in [0, 0.1) is 6.92 Å². The number of hydrogen-bond acceptors (Lipinski definition) is 2. The largest absolute Gasteiger partial charge is 0.508 e. The normalized spacial score (nSPS) is 10.4. The summed E-state index contributed by atoms with van der Waals surface area (Å²) in [5, 5.41) is 13.8. The third-order valence-electron chi connectivity index (χ3n) is 2.59. The molecular formula is C13H20BrNO. The molecule has 0 unspecified atom stereocenters. The van der Waals surface area contributed by atoms with Crippen LogP contribution in [0.25, 0.3) is 0 Å². The molecule has 0 spiro atoms. The zero-order chi connectivity index (χ0) is 11.8. The van der Waals surface area contributed by atoms with Crippen molar-refractivity contribution in [3.05, 3.63) is 23.8 Å². The predicted molar refractivity (Wildman–Crippen MR) is 73.6 cm³/mol. The maximum absolute atomic E-state index is 9.27. The van der Waals surface area contributed by atoms with Gasteiger partial charge in [0.05, 0.1) is 0 Å². The number of aromatic hydroxyl groups is 1. The quantitative estimate of drug-likeness (QED) is 0.450. The van der Waals surface area contributed by atoms with Gasteiger partial charge in [0, 0.05) is 17.6 Å². The molecule has 16 heavy (non-hydrogen) atoms. The zero-order valence-electron chi connectivity index (χ0n) is 9.80. The van der Waals surface area contributed by atoms with E-state index in [2.05, 4.69) is 21.2 Å². The Labute approximate surface area is 106 Å². The summed E-state index contributed by atoms with van der Waals surface area (Å²) in [6.07, 6.45) is 5.03. The van der Waals surface area contributed by atoms with E-state index in [0.717, 1.165) is 23.1 Å². The van der Waals surface area contributed by atoms with Gasteiger partial charge in [-0.05, 0) is 43.5 Å². The van der Waals surface area contributed by atoms with E-state index in [1.165, 1.54) is 25.7 Å². The topological polar surface area (TPSA) is 32.3 Å². The Hall–Kier alpha value is -0.700. The van der Waals surface area contributed by atoms with E-state index in [0.29, 0.717) is 5.75 Å². The minimum Gasteiger partial charge on any atom is -0.508 e. The Morgan fingerprint density at radius 3 is 2.62 bits per heavy atom. The van der Waals surface area contributed by atoms with Gasteiger partial charge in [0.1, 0.15) is 5.75 Å². The van der Waals surface area contributed by atoms with Crippen LogP contribution in [-0.4, -0.2) is 17.0 Å². The van der Waals surface area contributed by atoms with Gasteiger partial charge in [-0.15, -0.1) is 0 Å². The Morgan fingerprint density at radius 1 is 1.19 bits per heavy atom. The van der Waals surface area contributed by atoms with Gasteiger partial charge in [-0.3, -0.25) is 0 Å². The fraction of sp³-hybridized carbons (Fsp3) is 0.538. The number of aryl methyl sites for hydroxylation is 1. The SMILES string of the molecule is Cc1cc(O)ccc1NCCCCCCBr.